The van der Waals surface area contributed by atoms with Gasteiger partial charge in [0.15, 0.2) is 5.71 Å². The molecule has 0 amide bonds. The van der Waals surface area contributed by atoms with Crippen LogP contribution >= 0.6 is 0 Å². The molecule has 0 aliphatic heterocycles. The number of hydrogen-bond acceptors (Lipinski definition) is 4. The Morgan fingerprint density at radius 2 is 2.21 bits per heavy atom. The first-order valence-corrected chi connectivity index (χ1v) is 3.96. The predicted octanol–water partition coefficient (Wildman–Crippen LogP) is 1.01. The van der Waals surface area contributed by atoms with Crippen molar-refractivity contribution in [1.82, 2.24) is 0 Å². The molecule has 0 spiro atoms. The van der Waals surface area contributed by atoms with Crippen molar-refractivity contribution in [2.24, 2.45) is 5.16 Å². The molecule has 0 bridgehead atoms. The highest BCUT2D eigenvalue weighted by molar-refractivity contribution is 6.43. The molecule has 1 radical (unpaired) electrons. The molecule has 4 nitrogen and oxygen atoms in total. The van der Waals surface area contributed by atoms with Gasteiger partial charge in [0.2, 0.25) is 0 Å². The van der Waals surface area contributed by atoms with E-state index in [0.29, 0.717) is 5.56 Å². The van der Waals surface area contributed by atoms with E-state index in [-0.39, 0.29) is 5.71 Å². The molecule has 1 rings (SSSR count). The van der Waals surface area contributed by atoms with Gasteiger partial charge >= 0.3 is 5.97 Å². The van der Waals surface area contributed by atoms with E-state index in [4.69, 9.17) is 0 Å². The van der Waals surface area contributed by atoms with Crippen molar-refractivity contribution in [2.75, 3.05) is 14.2 Å². The third kappa shape index (κ3) is 2.32. The number of rotatable bonds is 3. The zero-order valence-corrected chi connectivity index (χ0v) is 7.98. The Labute approximate surface area is 82.1 Å². The number of benzene rings is 1. The van der Waals surface area contributed by atoms with Crippen LogP contribution in [-0.2, 0) is 14.4 Å². The van der Waals surface area contributed by atoms with Gasteiger partial charge in [-0.05, 0) is 6.07 Å². The third-order valence-electron chi connectivity index (χ3n) is 1.53. The molecule has 0 aliphatic carbocycles. The summed E-state index contributed by atoms with van der Waals surface area (Å²) in [5.74, 6) is -0.547. The number of ether oxygens (including phenoxy) is 1. The molecule has 0 atom stereocenters. The number of hydrogen-bond donors (Lipinski definition) is 0. The van der Waals surface area contributed by atoms with Gasteiger partial charge in [0.25, 0.3) is 0 Å². The lowest BCUT2D eigenvalue weighted by atomic mass is 10.1. The molecule has 1 aromatic rings. The molecule has 0 aliphatic rings. The fourth-order valence-electron chi connectivity index (χ4n) is 0.925. The summed E-state index contributed by atoms with van der Waals surface area (Å²) >= 11 is 0. The summed E-state index contributed by atoms with van der Waals surface area (Å²) in [6.07, 6.45) is 0. The normalized spacial score (nSPS) is 10.9. The van der Waals surface area contributed by atoms with Crippen molar-refractivity contribution >= 4 is 11.7 Å². The van der Waals surface area contributed by atoms with Crippen LogP contribution in [0.15, 0.2) is 29.4 Å². The fraction of sp³-hybridized carbons (Fsp3) is 0.200. The van der Waals surface area contributed by atoms with Gasteiger partial charge in [-0.15, -0.1) is 0 Å². The van der Waals surface area contributed by atoms with Crippen molar-refractivity contribution in [3.63, 3.8) is 0 Å². The molecule has 0 heterocycles. The Balaban J connectivity index is 3.02. The van der Waals surface area contributed by atoms with Crippen LogP contribution in [0.2, 0.25) is 0 Å². The molecule has 4 heteroatoms. The maximum absolute atomic E-state index is 11.2. The average molecular weight is 192 g/mol. The SMILES string of the molecule is CO/N=C(/C(=O)OC)c1[c]cccc1. The van der Waals surface area contributed by atoms with Gasteiger partial charge in [-0.3, -0.25) is 0 Å². The summed E-state index contributed by atoms with van der Waals surface area (Å²) in [6.45, 7) is 0. The lowest BCUT2D eigenvalue weighted by Gasteiger charge is -2.02. The topological polar surface area (TPSA) is 47.9 Å². The van der Waals surface area contributed by atoms with Gasteiger partial charge in [-0.25, -0.2) is 4.79 Å². The highest BCUT2D eigenvalue weighted by Gasteiger charge is 2.14. The number of carbonyl (C=O) groups is 1. The van der Waals surface area contributed by atoms with Crippen molar-refractivity contribution in [2.45, 2.75) is 0 Å². The zero-order chi connectivity index (χ0) is 10.4. The molecule has 0 aromatic heterocycles. The molecule has 0 unspecified atom stereocenters. The van der Waals surface area contributed by atoms with E-state index in [1.807, 2.05) is 0 Å². The molecule has 1 aromatic carbocycles. The molecule has 0 saturated carbocycles. The van der Waals surface area contributed by atoms with Crippen molar-refractivity contribution in [3.8, 4) is 0 Å². The van der Waals surface area contributed by atoms with Gasteiger partial charge in [0.05, 0.1) is 7.11 Å². The average Bonchev–Trinajstić information content (AvgIpc) is 2.26. The van der Waals surface area contributed by atoms with Gasteiger partial charge < -0.3 is 9.57 Å². The maximum Gasteiger partial charge on any atom is 0.360 e. The Morgan fingerprint density at radius 1 is 1.43 bits per heavy atom. The zero-order valence-electron chi connectivity index (χ0n) is 7.98. The highest BCUT2D eigenvalue weighted by Crippen LogP contribution is 2.02. The summed E-state index contributed by atoms with van der Waals surface area (Å²) in [7, 11) is 2.66. The number of esters is 1. The van der Waals surface area contributed by atoms with Gasteiger partial charge in [0.1, 0.15) is 7.11 Å². The van der Waals surface area contributed by atoms with E-state index < -0.39 is 5.97 Å². The molecular weight excluding hydrogens is 182 g/mol. The van der Waals surface area contributed by atoms with Crippen molar-refractivity contribution in [1.29, 1.82) is 0 Å². The first-order valence-electron chi connectivity index (χ1n) is 3.96. The maximum atomic E-state index is 11.2. The quantitative estimate of drug-likeness (QED) is 0.408. The Hall–Kier alpha value is -1.84. The number of carbonyl (C=O) groups excluding carboxylic acids is 1. The van der Waals surface area contributed by atoms with Gasteiger partial charge in [-0.2, -0.15) is 0 Å². The van der Waals surface area contributed by atoms with E-state index >= 15 is 0 Å². The van der Waals surface area contributed by atoms with E-state index in [1.165, 1.54) is 14.2 Å². The summed E-state index contributed by atoms with van der Waals surface area (Å²) < 4.78 is 4.55. The van der Waals surface area contributed by atoms with E-state index in [0.717, 1.165) is 0 Å². The summed E-state index contributed by atoms with van der Waals surface area (Å²) in [6, 6.07) is 9.82. The minimum atomic E-state index is -0.547. The van der Waals surface area contributed by atoms with Crippen LogP contribution in [0.3, 0.4) is 0 Å². The summed E-state index contributed by atoms with van der Waals surface area (Å²) in [4.78, 5) is 15.8. The lowest BCUT2D eigenvalue weighted by Crippen LogP contribution is -2.17. The summed E-state index contributed by atoms with van der Waals surface area (Å²) in [5.41, 5.74) is 0.650. The van der Waals surface area contributed by atoms with Crippen LogP contribution in [0, 0.1) is 6.07 Å². The molecule has 0 fully saturated rings. The van der Waals surface area contributed by atoms with Crippen LogP contribution in [0.4, 0.5) is 0 Å². The van der Waals surface area contributed by atoms with Crippen LogP contribution in [0.1, 0.15) is 5.56 Å². The molecule has 0 N–H and O–H groups in total. The van der Waals surface area contributed by atoms with Crippen LogP contribution < -0.4 is 0 Å². The number of methoxy groups -OCH3 is 1. The second-order valence-corrected chi connectivity index (χ2v) is 2.39. The van der Waals surface area contributed by atoms with Crippen molar-refractivity contribution < 1.29 is 14.4 Å². The second kappa shape index (κ2) is 5.01. The fourth-order valence-corrected chi connectivity index (χ4v) is 0.925. The minimum Gasteiger partial charge on any atom is -0.464 e. The molecule has 73 valence electrons. The molecule has 14 heavy (non-hydrogen) atoms. The van der Waals surface area contributed by atoms with Crippen LogP contribution in [0.25, 0.3) is 0 Å². The Morgan fingerprint density at radius 3 is 2.71 bits per heavy atom. The van der Waals surface area contributed by atoms with Gasteiger partial charge in [0, 0.05) is 5.56 Å². The van der Waals surface area contributed by atoms with E-state index in [1.54, 1.807) is 24.3 Å². The monoisotopic (exact) mass is 192 g/mol. The minimum absolute atomic E-state index is 0.107. The smallest absolute Gasteiger partial charge is 0.360 e. The Bertz CT molecular complexity index is 332. The van der Waals surface area contributed by atoms with Gasteiger partial charge in [-0.1, -0.05) is 29.4 Å². The molecular formula is C10H10NO3. The second-order valence-electron chi connectivity index (χ2n) is 2.39. The first-order chi connectivity index (χ1) is 6.79. The highest BCUT2D eigenvalue weighted by atomic mass is 16.6. The van der Waals surface area contributed by atoms with Crippen LogP contribution in [0.5, 0.6) is 0 Å². The van der Waals surface area contributed by atoms with Crippen molar-refractivity contribution in [3.05, 3.63) is 35.9 Å². The largest absolute Gasteiger partial charge is 0.464 e. The standard InChI is InChI=1S/C10H10NO3/c1-13-10(12)9(11-14-2)8-6-4-3-5-7-8/h3-6H,1-2H3/b11-9+. The number of nitrogens with zero attached hydrogens (tertiary/aromatic N) is 1. The lowest BCUT2D eigenvalue weighted by molar-refractivity contribution is -0.132. The summed E-state index contributed by atoms with van der Waals surface area (Å²) in [5, 5.41) is 3.58. The third-order valence-corrected chi connectivity index (χ3v) is 1.53. The van der Waals surface area contributed by atoms with E-state index in [9.17, 15) is 4.79 Å². The predicted molar refractivity (Wildman–Crippen MR) is 50.8 cm³/mol. The molecule has 0 saturated heterocycles. The first kappa shape index (κ1) is 10.2. The van der Waals surface area contributed by atoms with E-state index in [2.05, 4.69) is 20.8 Å². The Kier molecular flexibility index (Phi) is 3.67. The number of oxime groups is 1. The van der Waals surface area contributed by atoms with Crippen LogP contribution in [-0.4, -0.2) is 25.9 Å².